The normalized spacial score (nSPS) is 12.1. The number of carboxylic acids is 1. The SMILES string of the molecule is C/C=C/C(=O)N[C@@H](CCC(=O)OC)C(=O)O. The van der Waals surface area contributed by atoms with Crippen molar-refractivity contribution in [1.82, 2.24) is 5.32 Å². The Morgan fingerprint density at radius 3 is 2.50 bits per heavy atom. The lowest BCUT2D eigenvalue weighted by Crippen LogP contribution is -2.40. The molecule has 0 radical (unpaired) electrons. The molecular weight excluding hydrogens is 214 g/mol. The van der Waals surface area contributed by atoms with Gasteiger partial charge in [0.05, 0.1) is 7.11 Å². The van der Waals surface area contributed by atoms with Gasteiger partial charge in [0.15, 0.2) is 0 Å². The van der Waals surface area contributed by atoms with Crippen LogP contribution in [0.15, 0.2) is 12.2 Å². The van der Waals surface area contributed by atoms with Crippen LogP contribution in [0.1, 0.15) is 19.8 Å². The highest BCUT2D eigenvalue weighted by Gasteiger charge is 2.19. The second-order valence-electron chi connectivity index (χ2n) is 3.01. The van der Waals surface area contributed by atoms with Crippen molar-refractivity contribution < 1.29 is 24.2 Å². The van der Waals surface area contributed by atoms with Crippen molar-refractivity contribution in [3.63, 3.8) is 0 Å². The van der Waals surface area contributed by atoms with Gasteiger partial charge >= 0.3 is 11.9 Å². The lowest BCUT2D eigenvalue weighted by molar-refractivity contribution is -0.143. The zero-order valence-corrected chi connectivity index (χ0v) is 9.23. The van der Waals surface area contributed by atoms with Crippen molar-refractivity contribution in [1.29, 1.82) is 0 Å². The predicted molar refractivity (Wildman–Crippen MR) is 55.6 cm³/mol. The minimum absolute atomic E-state index is 0.00526. The summed E-state index contributed by atoms with van der Waals surface area (Å²) in [5.41, 5.74) is 0. The first-order valence-corrected chi connectivity index (χ1v) is 4.74. The summed E-state index contributed by atoms with van der Waals surface area (Å²) in [6.45, 7) is 1.64. The van der Waals surface area contributed by atoms with Crippen molar-refractivity contribution in [3.8, 4) is 0 Å². The smallest absolute Gasteiger partial charge is 0.326 e. The van der Waals surface area contributed by atoms with Crippen molar-refractivity contribution in [3.05, 3.63) is 12.2 Å². The molecule has 0 fully saturated rings. The monoisotopic (exact) mass is 229 g/mol. The average Bonchev–Trinajstić information content (AvgIpc) is 2.23. The Hall–Kier alpha value is -1.85. The molecule has 0 spiro atoms. The molecule has 0 saturated heterocycles. The van der Waals surface area contributed by atoms with E-state index in [0.29, 0.717) is 0 Å². The molecule has 0 aliphatic rings. The Balaban J connectivity index is 4.23. The van der Waals surface area contributed by atoms with Gasteiger partial charge in [-0.3, -0.25) is 9.59 Å². The molecule has 0 aromatic rings. The number of amides is 1. The zero-order chi connectivity index (χ0) is 12.6. The highest BCUT2D eigenvalue weighted by molar-refractivity contribution is 5.91. The van der Waals surface area contributed by atoms with Gasteiger partial charge in [-0.1, -0.05) is 6.08 Å². The highest BCUT2D eigenvalue weighted by Crippen LogP contribution is 1.99. The van der Waals surface area contributed by atoms with Crippen molar-refractivity contribution >= 4 is 17.8 Å². The molecule has 6 nitrogen and oxygen atoms in total. The van der Waals surface area contributed by atoms with E-state index in [1.54, 1.807) is 6.92 Å². The molecule has 1 atom stereocenters. The molecule has 0 aliphatic carbocycles. The number of methoxy groups -OCH3 is 1. The molecule has 0 aromatic heterocycles. The Bertz CT molecular complexity index is 298. The van der Waals surface area contributed by atoms with Gasteiger partial charge in [-0.25, -0.2) is 4.79 Å². The van der Waals surface area contributed by atoms with E-state index >= 15 is 0 Å². The minimum Gasteiger partial charge on any atom is -0.480 e. The summed E-state index contributed by atoms with van der Waals surface area (Å²) in [5, 5.41) is 11.0. The van der Waals surface area contributed by atoms with E-state index < -0.39 is 23.9 Å². The Labute approximate surface area is 93.3 Å². The summed E-state index contributed by atoms with van der Waals surface area (Å²) < 4.78 is 4.37. The van der Waals surface area contributed by atoms with Crippen LogP contribution >= 0.6 is 0 Å². The van der Waals surface area contributed by atoms with E-state index in [0.717, 1.165) is 0 Å². The lowest BCUT2D eigenvalue weighted by atomic mass is 10.1. The first-order valence-electron chi connectivity index (χ1n) is 4.74. The number of hydrogen-bond acceptors (Lipinski definition) is 4. The number of esters is 1. The van der Waals surface area contributed by atoms with E-state index in [-0.39, 0.29) is 12.8 Å². The maximum atomic E-state index is 11.1. The Morgan fingerprint density at radius 2 is 2.06 bits per heavy atom. The van der Waals surface area contributed by atoms with Gasteiger partial charge in [-0.2, -0.15) is 0 Å². The third kappa shape index (κ3) is 5.79. The fraction of sp³-hybridized carbons (Fsp3) is 0.500. The van der Waals surface area contributed by atoms with Crippen LogP contribution in [-0.2, 0) is 19.1 Å². The summed E-state index contributed by atoms with van der Waals surface area (Å²) in [4.78, 5) is 32.7. The Kier molecular flexibility index (Phi) is 6.58. The second kappa shape index (κ2) is 7.44. The van der Waals surface area contributed by atoms with Crippen LogP contribution < -0.4 is 5.32 Å². The topological polar surface area (TPSA) is 92.7 Å². The first-order chi connectivity index (χ1) is 7.51. The molecule has 0 saturated carbocycles. The molecular formula is C10H15NO5. The maximum absolute atomic E-state index is 11.1. The number of carboxylic acid groups (broad SMARTS) is 1. The zero-order valence-electron chi connectivity index (χ0n) is 9.23. The third-order valence-electron chi connectivity index (χ3n) is 1.80. The average molecular weight is 229 g/mol. The number of carbonyl (C=O) groups excluding carboxylic acids is 2. The van der Waals surface area contributed by atoms with E-state index in [1.165, 1.54) is 19.3 Å². The van der Waals surface area contributed by atoms with Gasteiger partial charge in [0.1, 0.15) is 6.04 Å². The van der Waals surface area contributed by atoms with E-state index in [1.807, 2.05) is 0 Å². The van der Waals surface area contributed by atoms with E-state index in [4.69, 9.17) is 5.11 Å². The fourth-order valence-electron chi connectivity index (χ4n) is 0.993. The van der Waals surface area contributed by atoms with Crippen molar-refractivity contribution in [2.45, 2.75) is 25.8 Å². The van der Waals surface area contributed by atoms with Crippen LogP contribution in [0.4, 0.5) is 0 Å². The van der Waals surface area contributed by atoms with Crippen LogP contribution in [0.2, 0.25) is 0 Å². The molecule has 2 N–H and O–H groups in total. The molecule has 0 aromatic carbocycles. The number of allylic oxidation sites excluding steroid dienone is 1. The van der Waals surface area contributed by atoms with Crippen LogP contribution in [0, 0.1) is 0 Å². The van der Waals surface area contributed by atoms with Crippen molar-refractivity contribution in [2.75, 3.05) is 7.11 Å². The second-order valence-corrected chi connectivity index (χ2v) is 3.01. The molecule has 0 heterocycles. The number of ether oxygens (including phenoxy) is 1. The molecule has 0 aliphatic heterocycles. The largest absolute Gasteiger partial charge is 0.480 e. The number of carbonyl (C=O) groups is 3. The van der Waals surface area contributed by atoms with Gasteiger partial charge < -0.3 is 15.2 Å². The fourth-order valence-corrected chi connectivity index (χ4v) is 0.993. The van der Waals surface area contributed by atoms with E-state index in [2.05, 4.69) is 10.1 Å². The van der Waals surface area contributed by atoms with Crippen LogP contribution in [0.5, 0.6) is 0 Å². The summed E-state index contributed by atoms with van der Waals surface area (Å²) >= 11 is 0. The summed E-state index contributed by atoms with van der Waals surface area (Å²) in [7, 11) is 1.22. The quantitative estimate of drug-likeness (QED) is 0.497. The van der Waals surface area contributed by atoms with Gasteiger partial charge in [-0.15, -0.1) is 0 Å². The molecule has 6 heteroatoms. The van der Waals surface area contributed by atoms with Gasteiger partial charge in [-0.05, 0) is 19.4 Å². The number of aliphatic carboxylic acids is 1. The molecule has 0 bridgehead atoms. The third-order valence-corrected chi connectivity index (χ3v) is 1.80. The first kappa shape index (κ1) is 14.2. The molecule has 90 valence electrons. The molecule has 0 rings (SSSR count). The molecule has 1 amide bonds. The van der Waals surface area contributed by atoms with Crippen LogP contribution in [0.3, 0.4) is 0 Å². The summed E-state index contributed by atoms with van der Waals surface area (Å²) in [6, 6.07) is -1.08. The molecule has 0 unspecified atom stereocenters. The highest BCUT2D eigenvalue weighted by atomic mass is 16.5. The van der Waals surface area contributed by atoms with Crippen molar-refractivity contribution in [2.24, 2.45) is 0 Å². The van der Waals surface area contributed by atoms with Crippen LogP contribution in [0.25, 0.3) is 0 Å². The minimum atomic E-state index is -1.18. The summed E-state index contributed by atoms with van der Waals surface area (Å²) in [5.74, 6) is -2.19. The Morgan fingerprint density at radius 1 is 1.44 bits per heavy atom. The van der Waals surface area contributed by atoms with Gasteiger partial charge in [0.25, 0.3) is 0 Å². The van der Waals surface area contributed by atoms with E-state index in [9.17, 15) is 14.4 Å². The standard InChI is InChI=1S/C10H15NO5/c1-3-4-8(12)11-7(10(14)15)5-6-9(13)16-2/h3-4,7H,5-6H2,1-2H3,(H,11,12)(H,14,15)/b4-3+/t7-/m0/s1. The van der Waals surface area contributed by atoms with Gasteiger partial charge in [0, 0.05) is 6.42 Å². The molecule has 16 heavy (non-hydrogen) atoms. The summed E-state index contributed by atoms with van der Waals surface area (Å²) in [6.07, 6.45) is 2.66. The van der Waals surface area contributed by atoms with Gasteiger partial charge in [0.2, 0.25) is 5.91 Å². The predicted octanol–water partition coefficient (Wildman–Crippen LogP) is 0.0851. The number of hydrogen-bond donors (Lipinski definition) is 2. The number of nitrogens with one attached hydrogen (secondary N) is 1. The lowest BCUT2D eigenvalue weighted by Gasteiger charge is -2.12. The maximum Gasteiger partial charge on any atom is 0.326 e. The number of rotatable bonds is 6. The van der Waals surface area contributed by atoms with Crippen LogP contribution in [-0.4, -0.2) is 36.1 Å².